The lowest BCUT2D eigenvalue weighted by atomic mass is 9.40. The number of esters is 1. The van der Waals surface area contributed by atoms with Gasteiger partial charge in [-0.1, -0.05) is 13.8 Å². The van der Waals surface area contributed by atoms with Crippen LogP contribution >= 0.6 is 0 Å². The molecule has 1 aromatic heterocycles. The predicted molar refractivity (Wildman–Crippen MR) is 151 cm³/mol. The number of hydrogen-bond acceptors (Lipinski definition) is 11. The molecular formula is C32H46O11. The molecule has 4 aliphatic carbocycles. The summed E-state index contributed by atoms with van der Waals surface area (Å²) in [5.74, 6) is -1.05. The Kier molecular flexibility index (Phi) is 7.68. The normalized spacial score (nSPS) is 51.2. The Morgan fingerprint density at radius 2 is 1.74 bits per heavy atom. The summed E-state index contributed by atoms with van der Waals surface area (Å²) in [7, 11) is 0. The minimum atomic E-state index is -1.53. The van der Waals surface area contributed by atoms with E-state index in [1.54, 1.807) is 13.0 Å². The lowest BCUT2D eigenvalue weighted by Crippen LogP contribution is -2.75. The van der Waals surface area contributed by atoms with Crippen molar-refractivity contribution in [2.75, 3.05) is 0 Å². The van der Waals surface area contributed by atoms with E-state index in [9.17, 15) is 35.1 Å². The van der Waals surface area contributed by atoms with Gasteiger partial charge in [-0.2, -0.15) is 0 Å². The Labute approximate surface area is 251 Å². The summed E-state index contributed by atoms with van der Waals surface area (Å²) in [5.41, 5.74) is -3.78. The van der Waals surface area contributed by atoms with Crippen LogP contribution in [-0.4, -0.2) is 85.6 Å². The first-order chi connectivity index (χ1) is 20.1. The van der Waals surface area contributed by atoms with Crippen LogP contribution in [0.15, 0.2) is 27.6 Å². The van der Waals surface area contributed by atoms with Crippen molar-refractivity contribution in [3.63, 3.8) is 0 Å². The Hall–Kier alpha value is -1.86. The number of hydrogen-bond donors (Lipinski definition) is 5. The first-order valence-corrected chi connectivity index (χ1v) is 15.7. The van der Waals surface area contributed by atoms with Crippen LogP contribution in [0, 0.1) is 22.7 Å². The maximum absolute atomic E-state index is 12.8. The lowest BCUT2D eigenvalue weighted by Gasteiger charge is -2.68. The van der Waals surface area contributed by atoms with Crippen LogP contribution < -0.4 is 5.63 Å². The largest absolute Gasteiger partial charge is 0.462 e. The summed E-state index contributed by atoms with van der Waals surface area (Å²) in [5, 5.41) is 56.3. The van der Waals surface area contributed by atoms with E-state index in [-0.39, 0.29) is 30.3 Å². The van der Waals surface area contributed by atoms with Crippen LogP contribution in [0.1, 0.15) is 90.5 Å². The SMILES string of the molecule is CC(=O)OC1C[C@]2(O)[C@H](CC[C@]3(C)[C@@H](c4ccc(=O)oc4)CC[C@@]32O)[C@@]2(C)CCC(O[C@H]3O[C@@H](C)[C@H](O)[C@@H](O)[C@@H]3O)CC12. The van der Waals surface area contributed by atoms with Gasteiger partial charge in [-0.25, -0.2) is 4.79 Å². The van der Waals surface area contributed by atoms with Crippen molar-refractivity contribution in [1.82, 2.24) is 0 Å². The van der Waals surface area contributed by atoms with Crippen LogP contribution in [0.2, 0.25) is 0 Å². The van der Waals surface area contributed by atoms with E-state index < -0.39 is 70.4 Å². The van der Waals surface area contributed by atoms with Gasteiger partial charge in [-0.05, 0) is 80.8 Å². The highest BCUT2D eigenvalue weighted by molar-refractivity contribution is 5.66. The fourth-order valence-electron chi connectivity index (χ4n) is 10.2. The summed E-state index contributed by atoms with van der Waals surface area (Å²) in [4.78, 5) is 24.0. The summed E-state index contributed by atoms with van der Waals surface area (Å²) in [6.07, 6.45) is -1.42. The minimum absolute atomic E-state index is 0.0808. The maximum Gasteiger partial charge on any atom is 0.335 e. The predicted octanol–water partition coefficient (Wildman–Crippen LogP) is 1.75. The molecule has 11 nitrogen and oxygen atoms in total. The zero-order valence-corrected chi connectivity index (χ0v) is 25.3. The Bertz CT molecular complexity index is 1260. The minimum Gasteiger partial charge on any atom is -0.462 e. The second-order valence-corrected chi connectivity index (χ2v) is 14.5. The van der Waals surface area contributed by atoms with Crippen LogP contribution in [0.3, 0.4) is 0 Å². The van der Waals surface area contributed by atoms with E-state index in [1.165, 1.54) is 19.3 Å². The number of aliphatic hydroxyl groups excluding tert-OH is 3. The van der Waals surface area contributed by atoms with Crippen LogP contribution in [-0.2, 0) is 19.0 Å². The molecule has 5 fully saturated rings. The van der Waals surface area contributed by atoms with Gasteiger partial charge in [-0.15, -0.1) is 0 Å². The topological polar surface area (TPSA) is 176 Å². The third-order valence-corrected chi connectivity index (χ3v) is 12.5. The van der Waals surface area contributed by atoms with E-state index in [2.05, 4.69) is 6.92 Å². The van der Waals surface area contributed by atoms with Gasteiger partial charge in [-0.3, -0.25) is 4.79 Å². The average molecular weight is 607 g/mol. The fourth-order valence-corrected chi connectivity index (χ4v) is 10.2. The van der Waals surface area contributed by atoms with E-state index in [4.69, 9.17) is 18.6 Å². The molecule has 4 saturated carbocycles. The molecule has 0 spiro atoms. The first-order valence-electron chi connectivity index (χ1n) is 15.7. The average Bonchev–Trinajstić information content (AvgIpc) is 3.23. The summed E-state index contributed by atoms with van der Waals surface area (Å²) >= 11 is 0. The number of ether oxygens (including phenoxy) is 3. The van der Waals surface area contributed by atoms with Gasteiger partial charge in [0.15, 0.2) is 6.29 Å². The van der Waals surface area contributed by atoms with Crippen molar-refractivity contribution >= 4 is 5.97 Å². The molecule has 6 rings (SSSR count). The monoisotopic (exact) mass is 606 g/mol. The highest BCUT2D eigenvalue weighted by atomic mass is 16.7. The van der Waals surface area contributed by atoms with Crippen LogP contribution in [0.5, 0.6) is 0 Å². The Morgan fingerprint density at radius 1 is 1.00 bits per heavy atom. The molecule has 240 valence electrons. The van der Waals surface area contributed by atoms with Crippen LogP contribution in [0.4, 0.5) is 0 Å². The van der Waals surface area contributed by atoms with Gasteiger partial charge in [0.25, 0.3) is 0 Å². The number of aliphatic hydroxyl groups is 5. The molecule has 5 aliphatic rings. The second-order valence-electron chi connectivity index (χ2n) is 14.5. The summed E-state index contributed by atoms with van der Waals surface area (Å²) in [6.45, 7) is 7.10. The molecule has 0 radical (unpaired) electrons. The number of carbonyl (C=O) groups is 1. The maximum atomic E-state index is 12.8. The number of carbonyl (C=O) groups excluding carboxylic acids is 1. The highest BCUT2D eigenvalue weighted by Gasteiger charge is 2.75. The van der Waals surface area contributed by atoms with Crippen molar-refractivity contribution in [3.8, 4) is 0 Å². The fraction of sp³-hybridized carbons (Fsp3) is 0.812. The van der Waals surface area contributed by atoms with Crippen LogP contribution in [0.25, 0.3) is 0 Å². The second kappa shape index (κ2) is 10.6. The number of fused-ring (bicyclic) bond motifs is 5. The molecule has 0 bridgehead atoms. The van der Waals surface area contributed by atoms with Gasteiger partial charge in [0, 0.05) is 30.7 Å². The molecule has 0 aromatic carbocycles. The van der Waals surface area contributed by atoms with Crippen molar-refractivity contribution < 1.29 is 49.0 Å². The van der Waals surface area contributed by atoms with Gasteiger partial charge < -0.3 is 44.2 Å². The van der Waals surface area contributed by atoms with E-state index in [1.807, 2.05) is 6.92 Å². The van der Waals surface area contributed by atoms with Gasteiger partial charge >= 0.3 is 11.6 Å². The highest BCUT2D eigenvalue weighted by Crippen LogP contribution is 2.72. The third-order valence-electron chi connectivity index (χ3n) is 12.5. The third kappa shape index (κ3) is 4.56. The van der Waals surface area contributed by atoms with Gasteiger partial charge in [0.2, 0.25) is 0 Å². The molecule has 43 heavy (non-hydrogen) atoms. The lowest BCUT2D eigenvalue weighted by molar-refractivity contribution is -0.327. The van der Waals surface area contributed by atoms with Crippen molar-refractivity contribution in [3.05, 3.63) is 34.4 Å². The van der Waals surface area contributed by atoms with Crippen molar-refractivity contribution in [1.29, 1.82) is 0 Å². The molecule has 5 N–H and O–H groups in total. The molecular weight excluding hydrogens is 560 g/mol. The molecule has 1 aliphatic heterocycles. The van der Waals surface area contributed by atoms with E-state index in [0.717, 1.165) is 5.56 Å². The molecule has 3 unspecified atom stereocenters. The Morgan fingerprint density at radius 3 is 2.42 bits per heavy atom. The summed E-state index contributed by atoms with van der Waals surface area (Å²) < 4.78 is 23.0. The molecule has 11 heteroatoms. The smallest absolute Gasteiger partial charge is 0.335 e. The van der Waals surface area contributed by atoms with Crippen molar-refractivity contribution in [2.45, 2.75) is 139 Å². The van der Waals surface area contributed by atoms with E-state index in [0.29, 0.717) is 44.9 Å². The quantitative estimate of drug-likeness (QED) is 0.249. The number of rotatable bonds is 4. The zero-order valence-electron chi connectivity index (χ0n) is 25.3. The molecule has 2 heterocycles. The first kappa shape index (κ1) is 31.1. The molecule has 0 amide bonds. The standard InChI is InChI=1S/C32H46O11/c1-16-25(35)26(36)27(37)28(41-16)43-19-7-10-29(3)21(13-19)22(42-17(2)33)14-31(38)23(29)9-11-30(4)20(8-12-32(30,31)39)18-5-6-24(34)40-15-18/h5-6,15-16,19-23,25-28,35-39H,7-14H2,1-4H3/t16-,19?,20+,21?,22?,23+,25-,26+,27-,28+,29-,30+,31-,32+/m0/s1. The van der Waals surface area contributed by atoms with E-state index >= 15 is 0 Å². The molecule has 1 saturated heterocycles. The molecule has 1 aromatic rings. The van der Waals surface area contributed by atoms with Crippen molar-refractivity contribution in [2.24, 2.45) is 22.7 Å². The molecule has 14 atom stereocenters. The summed E-state index contributed by atoms with van der Waals surface area (Å²) in [6, 6.07) is 3.14. The zero-order chi connectivity index (χ0) is 31.1. The van der Waals surface area contributed by atoms with Gasteiger partial charge in [0.1, 0.15) is 30.0 Å². The Balaban J connectivity index is 1.29. The van der Waals surface area contributed by atoms with Gasteiger partial charge in [0.05, 0.1) is 24.1 Å².